The number of rotatable bonds is 4. The molecule has 6 heteroatoms. The third-order valence-electron chi connectivity index (χ3n) is 14.0. The molecule has 4 aromatic heterocycles. The van der Waals surface area contributed by atoms with Crippen molar-refractivity contribution in [2.45, 2.75) is 39.0 Å². The van der Waals surface area contributed by atoms with Crippen molar-refractivity contribution < 1.29 is 0 Å². The normalized spacial score (nSPS) is 12.9. The van der Waals surface area contributed by atoms with Crippen molar-refractivity contribution >= 4 is 92.9 Å². The van der Waals surface area contributed by atoms with E-state index in [2.05, 4.69) is 216 Å². The van der Waals surface area contributed by atoms with Gasteiger partial charge in [-0.05, 0) is 82.8 Å². The standard InChI is InChI=1S/C60H41N5S/c1-60(2,3)37-30-28-36(29-31-37)54-57(63-47-22-10-4-16-38(47)39-17-5-11-23-48(39)63)45(34-61)56(46(35-62)58(54)64-49-24-12-6-18-40(49)41-19-7-13-25-50(41)64)65-51-26-14-8-21-44(51)55-52(65)33-32-43-42-20-9-15-27-53(42)66-59(43)55/h4-8,10-19,21-33H,9,20H2,1-3H3. The van der Waals surface area contributed by atoms with Gasteiger partial charge in [-0.25, -0.2) is 0 Å². The molecule has 66 heavy (non-hydrogen) atoms. The molecule has 5 nitrogen and oxygen atoms in total. The summed E-state index contributed by atoms with van der Waals surface area (Å²) in [6, 6.07) is 61.5. The molecule has 0 radical (unpaired) electrons. The summed E-state index contributed by atoms with van der Waals surface area (Å²) in [7, 11) is 0. The maximum absolute atomic E-state index is 12.2. The minimum Gasteiger partial charge on any atom is -0.307 e. The molecule has 13 rings (SSSR count). The molecule has 0 amide bonds. The van der Waals surface area contributed by atoms with Gasteiger partial charge in [0.1, 0.15) is 23.3 Å². The Morgan fingerprint density at radius 2 is 0.939 bits per heavy atom. The lowest BCUT2D eigenvalue weighted by molar-refractivity contribution is 0.590. The quantitative estimate of drug-likeness (QED) is 0.177. The summed E-state index contributed by atoms with van der Waals surface area (Å²) in [5, 5.41) is 32.2. The first kappa shape index (κ1) is 38.3. The average molecular weight is 864 g/mol. The van der Waals surface area contributed by atoms with Crippen molar-refractivity contribution in [3.8, 4) is 40.3 Å². The Kier molecular flexibility index (Phi) is 8.22. The number of hydrogen-bond donors (Lipinski definition) is 0. The number of thiophene rings is 1. The second-order valence-corrected chi connectivity index (χ2v) is 19.6. The molecule has 1 aliphatic carbocycles. The van der Waals surface area contributed by atoms with Crippen molar-refractivity contribution in [1.29, 1.82) is 10.5 Å². The molecular formula is C60H41N5S. The fraction of sp³-hybridized carbons (Fsp3) is 0.100. The number of fused-ring (bicyclic) bond motifs is 13. The van der Waals surface area contributed by atoms with Gasteiger partial charge in [0, 0.05) is 47.5 Å². The van der Waals surface area contributed by atoms with Gasteiger partial charge in [-0.15, -0.1) is 11.3 Å². The SMILES string of the molecule is CC(C)(C)c1ccc(-c2c(-n3c4ccccc4c4ccccc43)c(C#N)c(-n3c4ccccc4c4c5sc6c(c5ccc43)CCC=C6)c(C#N)c2-n2c3ccccc3c3ccccc32)cc1. The summed E-state index contributed by atoms with van der Waals surface area (Å²) in [6.45, 7) is 6.69. The van der Waals surface area contributed by atoms with E-state index >= 15 is 0 Å². The highest BCUT2D eigenvalue weighted by molar-refractivity contribution is 7.21. The minimum atomic E-state index is -0.0938. The predicted octanol–water partition coefficient (Wildman–Crippen LogP) is 15.9. The summed E-state index contributed by atoms with van der Waals surface area (Å²) < 4.78 is 8.06. The van der Waals surface area contributed by atoms with Crippen LogP contribution in [0.4, 0.5) is 0 Å². The highest BCUT2D eigenvalue weighted by atomic mass is 32.1. The molecule has 0 bridgehead atoms. The van der Waals surface area contributed by atoms with Crippen molar-refractivity contribution in [2.24, 2.45) is 0 Å². The van der Waals surface area contributed by atoms with E-state index in [1.807, 2.05) is 11.3 Å². The van der Waals surface area contributed by atoms with Crippen LogP contribution in [-0.4, -0.2) is 13.7 Å². The molecule has 12 aromatic rings. The monoisotopic (exact) mass is 863 g/mol. The summed E-state index contributed by atoms with van der Waals surface area (Å²) in [6.07, 6.45) is 6.59. The van der Waals surface area contributed by atoms with Gasteiger partial charge in [0.15, 0.2) is 0 Å². The zero-order valence-electron chi connectivity index (χ0n) is 36.7. The van der Waals surface area contributed by atoms with Gasteiger partial charge in [0.25, 0.3) is 0 Å². The van der Waals surface area contributed by atoms with E-state index in [1.165, 1.54) is 26.1 Å². The Morgan fingerprint density at radius 3 is 1.42 bits per heavy atom. The van der Waals surface area contributed by atoms with Crippen molar-refractivity contribution in [3.05, 3.63) is 191 Å². The van der Waals surface area contributed by atoms with Crippen LogP contribution >= 0.6 is 11.3 Å². The molecular weight excluding hydrogens is 823 g/mol. The summed E-state index contributed by atoms with van der Waals surface area (Å²) >= 11 is 1.84. The number of hydrogen-bond acceptors (Lipinski definition) is 3. The van der Waals surface area contributed by atoms with Crippen LogP contribution in [0, 0.1) is 22.7 Å². The zero-order valence-corrected chi connectivity index (χ0v) is 37.5. The zero-order chi connectivity index (χ0) is 44.4. The van der Waals surface area contributed by atoms with E-state index in [4.69, 9.17) is 0 Å². The van der Waals surface area contributed by atoms with Crippen molar-refractivity contribution in [2.75, 3.05) is 0 Å². The molecule has 1 aliphatic rings. The van der Waals surface area contributed by atoms with Gasteiger partial charge in [-0.1, -0.05) is 148 Å². The van der Waals surface area contributed by atoms with E-state index in [0.717, 1.165) is 101 Å². The lowest BCUT2D eigenvalue weighted by Gasteiger charge is -2.26. The molecule has 0 spiro atoms. The maximum Gasteiger partial charge on any atom is 0.104 e. The fourth-order valence-electron chi connectivity index (χ4n) is 11.1. The first-order valence-corrected chi connectivity index (χ1v) is 23.4. The smallest absolute Gasteiger partial charge is 0.104 e. The van der Waals surface area contributed by atoms with Crippen molar-refractivity contribution in [1.82, 2.24) is 13.7 Å². The highest BCUT2D eigenvalue weighted by Gasteiger charge is 2.33. The molecule has 0 saturated heterocycles. The Hall–Kier alpha value is -8.16. The number of allylic oxidation sites excluding steroid dienone is 1. The molecule has 0 saturated carbocycles. The van der Waals surface area contributed by atoms with Gasteiger partial charge in [0.2, 0.25) is 0 Å². The second-order valence-electron chi connectivity index (χ2n) is 18.5. The van der Waals surface area contributed by atoms with E-state index in [-0.39, 0.29) is 5.41 Å². The Morgan fingerprint density at radius 1 is 0.485 bits per heavy atom. The molecule has 0 atom stereocenters. The third-order valence-corrected chi connectivity index (χ3v) is 15.2. The number of aryl methyl sites for hydroxylation is 1. The molecule has 0 fully saturated rings. The first-order valence-electron chi connectivity index (χ1n) is 22.6. The predicted molar refractivity (Wildman–Crippen MR) is 276 cm³/mol. The first-order chi connectivity index (χ1) is 32.4. The third kappa shape index (κ3) is 5.25. The van der Waals surface area contributed by atoms with Crippen LogP contribution < -0.4 is 0 Å². The molecule has 8 aromatic carbocycles. The number of aromatic nitrogens is 3. The molecule has 0 unspecified atom stereocenters. The molecule has 0 N–H and O–H groups in total. The fourth-order valence-corrected chi connectivity index (χ4v) is 12.4. The van der Waals surface area contributed by atoms with Crippen LogP contribution in [0.5, 0.6) is 0 Å². The maximum atomic E-state index is 12.2. The topological polar surface area (TPSA) is 62.4 Å². The molecule has 0 aliphatic heterocycles. The summed E-state index contributed by atoms with van der Waals surface area (Å²) in [5.41, 5.74) is 12.9. The number of nitriles is 2. The van der Waals surface area contributed by atoms with Crippen LogP contribution in [0.1, 0.15) is 54.3 Å². The largest absolute Gasteiger partial charge is 0.307 e. The molecule has 4 heterocycles. The second kappa shape index (κ2) is 14.2. The Bertz CT molecular complexity index is 3910. The number of para-hydroxylation sites is 5. The van der Waals surface area contributed by atoms with Gasteiger partial charge < -0.3 is 13.7 Å². The highest BCUT2D eigenvalue weighted by Crippen LogP contribution is 2.50. The number of nitrogens with zero attached hydrogens (tertiary/aromatic N) is 5. The van der Waals surface area contributed by atoms with E-state index in [1.54, 1.807) is 0 Å². The molecule has 312 valence electrons. The Balaban J connectivity index is 1.31. The minimum absolute atomic E-state index is 0.0938. The van der Waals surface area contributed by atoms with Gasteiger partial charge >= 0.3 is 0 Å². The van der Waals surface area contributed by atoms with Crippen LogP contribution in [0.25, 0.3) is 110 Å². The summed E-state index contributed by atoms with van der Waals surface area (Å²) in [5.74, 6) is 0. The van der Waals surface area contributed by atoms with E-state index in [9.17, 15) is 10.5 Å². The van der Waals surface area contributed by atoms with E-state index in [0.29, 0.717) is 16.8 Å². The van der Waals surface area contributed by atoms with Crippen LogP contribution in [0.15, 0.2) is 164 Å². The number of benzene rings is 8. The van der Waals surface area contributed by atoms with Crippen LogP contribution in [0.2, 0.25) is 0 Å². The van der Waals surface area contributed by atoms with Crippen LogP contribution in [0.3, 0.4) is 0 Å². The van der Waals surface area contributed by atoms with Crippen LogP contribution in [-0.2, 0) is 11.8 Å². The lowest BCUT2D eigenvalue weighted by Crippen LogP contribution is -2.14. The van der Waals surface area contributed by atoms with Gasteiger partial charge in [-0.3, -0.25) is 0 Å². The Labute approximate surface area is 385 Å². The lowest BCUT2D eigenvalue weighted by atomic mass is 9.85. The summed E-state index contributed by atoms with van der Waals surface area (Å²) in [4.78, 5) is 1.31. The van der Waals surface area contributed by atoms with E-state index < -0.39 is 0 Å². The van der Waals surface area contributed by atoms with Gasteiger partial charge in [0.05, 0.1) is 50.2 Å². The van der Waals surface area contributed by atoms with Gasteiger partial charge in [-0.2, -0.15) is 10.5 Å². The van der Waals surface area contributed by atoms with Crippen molar-refractivity contribution in [3.63, 3.8) is 0 Å². The average Bonchev–Trinajstić information content (AvgIpc) is 4.09.